The number of nitrogens with one attached hydrogen (secondary N) is 1. The van der Waals surface area contributed by atoms with Crippen molar-refractivity contribution in [1.29, 1.82) is 0 Å². The van der Waals surface area contributed by atoms with E-state index >= 15 is 0 Å². The molecular formula is C17H14Cl3N3O4. The Morgan fingerprint density at radius 3 is 2.41 bits per heavy atom. The van der Waals surface area contributed by atoms with Gasteiger partial charge in [-0.2, -0.15) is 0 Å². The quantitative estimate of drug-likeness (QED) is 0.564. The number of hydrogen-bond donors (Lipinski definition) is 1. The molecule has 0 atom stereocenters. The normalized spacial score (nSPS) is 14.1. The summed E-state index contributed by atoms with van der Waals surface area (Å²) in [5.41, 5.74) is 0.790. The van der Waals surface area contributed by atoms with Gasteiger partial charge in [-0.25, -0.2) is 0 Å². The summed E-state index contributed by atoms with van der Waals surface area (Å²) in [5.74, 6) is -0.461. The van der Waals surface area contributed by atoms with Crippen molar-refractivity contribution < 1.29 is 14.5 Å². The molecule has 0 saturated carbocycles. The van der Waals surface area contributed by atoms with Crippen LogP contribution in [0.25, 0.3) is 0 Å². The predicted molar refractivity (Wildman–Crippen MR) is 106 cm³/mol. The van der Waals surface area contributed by atoms with Crippen molar-refractivity contribution in [3.63, 3.8) is 0 Å². The molecule has 7 nitrogen and oxygen atoms in total. The molecular weight excluding hydrogens is 417 g/mol. The Morgan fingerprint density at radius 1 is 1.07 bits per heavy atom. The molecule has 1 heterocycles. The van der Waals surface area contributed by atoms with E-state index in [4.69, 9.17) is 39.5 Å². The van der Waals surface area contributed by atoms with Crippen LogP contribution < -0.4 is 10.2 Å². The number of anilines is 2. The van der Waals surface area contributed by atoms with Crippen molar-refractivity contribution >= 4 is 57.8 Å². The molecule has 1 N–H and O–H groups in total. The fraction of sp³-hybridized carbons (Fsp3) is 0.235. The van der Waals surface area contributed by atoms with Crippen molar-refractivity contribution in [3.8, 4) is 0 Å². The van der Waals surface area contributed by atoms with E-state index in [1.807, 2.05) is 4.90 Å². The second kappa shape index (κ2) is 8.31. The van der Waals surface area contributed by atoms with Gasteiger partial charge in [-0.05, 0) is 24.3 Å². The average Bonchev–Trinajstić information content (AvgIpc) is 2.65. The van der Waals surface area contributed by atoms with Gasteiger partial charge < -0.3 is 15.0 Å². The number of rotatable bonds is 4. The smallest absolute Gasteiger partial charge is 0.294 e. The lowest BCUT2D eigenvalue weighted by molar-refractivity contribution is -0.384. The third kappa shape index (κ3) is 4.44. The summed E-state index contributed by atoms with van der Waals surface area (Å²) in [5, 5.41) is 14.7. The minimum atomic E-state index is -0.499. The predicted octanol–water partition coefficient (Wildman–Crippen LogP) is 4.64. The summed E-state index contributed by atoms with van der Waals surface area (Å²) in [6.45, 7) is 1.93. The molecule has 2 aromatic carbocycles. The van der Waals surface area contributed by atoms with Crippen LogP contribution in [0.4, 0.5) is 17.1 Å². The highest BCUT2D eigenvalue weighted by Crippen LogP contribution is 2.37. The highest BCUT2D eigenvalue weighted by molar-refractivity contribution is 6.42. The van der Waals surface area contributed by atoms with Crippen LogP contribution in [0.1, 0.15) is 10.4 Å². The van der Waals surface area contributed by atoms with Crippen molar-refractivity contribution in [1.82, 2.24) is 0 Å². The van der Waals surface area contributed by atoms with E-state index in [0.29, 0.717) is 37.0 Å². The molecule has 0 aliphatic carbocycles. The SMILES string of the molecule is O=C(Nc1cc(N2CCOCC2)c([N+](=O)[O-])cc1Cl)c1ccc(Cl)c(Cl)c1. The molecule has 1 aliphatic rings. The number of nitro benzene ring substituents is 1. The standard InChI is InChI=1S/C17H14Cl3N3O4/c18-11-2-1-10(7-12(11)19)17(24)21-14-9-15(22-3-5-27-6-4-22)16(23(25)26)8-13(14)20/h1-2,7-9H,3-6H2,(H,21,24). The Bertz CT molecular complexity index is 901. The Kier molecular flexibility index (Phi) is 6.06. The van der Waals surface area contributed by atoms with Gasteiger partial charge in [0.1, 0.15) is 5.69 Å². The number of ether oxygens (including phenoxy) is 1. The Morgan fingerprint density at radius 2 is 1.78 bits per heavy atom. The highest BCUT2D eigenvalue weighted by Gasteiger charge is 2.24. The molecule has 2 aromatic rings. The summed E-state index contributed by atoms with van der Waals surface area (Å²) in [4.78, 5) is 25.2. The number of carbonyl (C=O) groups is 1. The molecule has 1 aliphatic heterocycles. The van der Waals surface area contributed by atoms with Crippen LogP contribution in [0.2, 0.25) is 15.1 Å². The van der Waals surface area contributed by atoms with Crippen LogP contribution in [0.3, 0.4) is 0 Å². The van der Waals surface area contributed by atoms with Crippen LogP contribution in [-0.2, 0) is 4.74 Å². The monoisotopic (exact) mass is 429 g/mol. The first-order valence-electron chi connectivity index (χ1n) is 7.94. The number of halogens is 3. The largest absolute Gasteiger partial charge is 0.378 e. The van der Waals surface area contributed by atoms with Crippen LogP contribution in [0, 0.1) is 10.1 Å². The molecule has 142 valence electrons. The fourth-order valence-corrected chi connectivity index (χ4v) is 3.19. The summed E-state index contributed by atoms with van der Waals surface area (Å²) >= 11 is 18.0. The lowest BCUT2D eigenvalue weighted by Crippen LogP contribution is -2.36. The van der Waals surface area contributed by atoms with Crippen molar-refractivity contribution in [2.24, 2.45) is 0 Å². The molecule has 10 heteroatoms. The third-order valence-electron chi connectivity index (χ3n) is 4.04. The second-order valence-corrected chi connectivity index (χ2v) is 6.98. The first kappa shape index (κ1) is 19.7. The van der Waals surface area contributed by atoms with Crippen LogP contribution >= 0.6 is 34.8 Å². The zero-order chi connectivity index (χ0) is 19.6. The summed E-state index contributed by atoms with van der Waals surface area (Å²) in [7, 11) is 0. The summed E-state index contributed by atoms with van der Waals surface area (Å²) in [6.07, 6.45) is 0. The number of nitro groups is 1. The molecule has 0 aromatic heterocycles. The van der Waals surface area contributed by atoms with E-state index in [9.17, 15) is 14.9 Å². The molecule has 1 saturated heterocycles. The fourth-order valence-electron chi connectivity index (χ4n) is 2.68. The minimum Gasteiger partial charge on any atom is -0.378 e. The lowest BCUT2D eigenvalue weighted by Gasteiger charge is -2.29. The molecule has 0 bridgehead atoms. The third-order valence-corrected chi connectivity index (χ3v) is 5.09. The van der Waals surface area contributed by atoms with Crippen molar-refractivity contribution in [2.75, 3.05) is 36.5 Å². The number of carbonyl (C=O) groups excluding carboxylic acids is 1. The number of hydrogen-bond acceptors (Lipinski definition) is 5. The topological polar surface area (TPSA) is 84.7 Å². The van der Waals surface area contributed by atoms with Gasteiger partial charge in [0.25, 0.3) is 11.6 Å². The van der Waals surface area contributed by atoms with E-state index in [-0.39, 0.29) is 27.0 Å². The van der Waals surface area contributed by atoms with Crippen LogP contribution in [0.5, 0.6) is 0 Å². The number of morpholine rings is 1. The maximum Gasteiger partial charge on any atom is 0.294 e. The Labute approximate surface area is 169 Å². The highest BCUT2D eigenvalue weighted by atomic mass is 35.5. The summed E-state index contributed by atoms with van der Waals surface area (Å²) in [6, 6.07) is 7.19. The summed E-state index contributed by atoms with van der Waals surface area (Å²) < 4.78 is 5.29. The van der Waals surface area contributed by atoms with E-state index < -0.39 is 10.8 Å². The first-order chi connectivity index (χ1) is 12.9. The van der Waals surface area contributed by atoms with Gasteiger partial charge in [-0.15, -0.1) is 0 Å². The molecule has 1 amide bonds. The van der Waals surface area contributed by atoms with Crippen molar-refractivity contribution in [2.45, 2.75) is 0 Å². The Hall–Kier alpha value is -2.06. The number of nitrogens with zero attached hydrogens (tertiary/aromatic N) is 2. The molecule has 0 radical (unpaired) electrons. The van der Waals surface area contributed by atoms with Gasteiger partial charge in [0.2, 0.25) is 0 Å². The van der Waals surface area contributed by atoms with E-state index in [1.165, 1.54) is 30.3 Å². The molecule has 1 fully saturated rings. The van der Waals surface area contributed by atoms with Gasteiger partial charge >= 0.3 is 0 Å². The maximum atomic E-state index is 12.5. The van der Waals surface area contributed by atoms with Gasteiger partial charge in [-0.3, -0.25) is 14.9 Å². The molecule has 0 unspecified atom stereocenters. The second-order valence-electron chi connectivity index (χ2n) is 5.76. The lowest BCUT2D eigenvalue weighted by atomic mass is 10.1. The van der Waals surface area contributed by atoms with Gasteiger partial charge in [0.05, 0.1) is 38.9 Å². The van der Waals surface area contributed by atoms with Gasteiger partial charge in [-0.1, -0.05) is 34.8 Å². The number of benzene rings is 2. The molecule has 3 rings (SSSR count). The van der Waals surface area contributed by atoms with E-state index in [0.717, 1.165) is 0 Å². The maximum absolute atomic E-state index is 12.5. The zero-order valence-corrected chi connectivity index (χ0v) is 16.1. The number of amides is 1. The Balaban J connectivity index is 1.93. The average molecular weight is 431 g/mol. The molecule has 27 heavy (non-hydrogen) atoms. The van der Waals surface area contributed by atoms with Crippen molar-refractivity contribution in [3.05, 3.63) is 61.1 Å². The van der Waals surface area contributed by atoms with Crippen LogP contribution in [0.15, 0.2) is 30.3 Å². The minimum absolute atomic E-state index is 0.0621. The van der Waals surface area contributed by atoms with Gasteiger partial charge in [0, 0.05) is 24.7 Å². The first-order valence-corrected chi connectivity index (χ1v) is 9.07. The van der Waals surface area contributed by atoms with Crippen LogP contribution in [-0.4, -0.2) is 37.1 Å². The van der Waals surface area contributed by atoms with E-state index in [2.05, 4.69) is 5.32 Å². The van der Waals surface area contributed by atoms with Gasteiger partial charge in [0.15, 0.2) is 0 Å². The molecule has 0 spiro atoms. The van der Waals surface area contributed by atoms with E-state index in [1.54, 1.807) is 0 Å². The zero-order valence-electron chi connectivity index (χ0n) is 13.9.